The number of allylic oxidation sites excluding steroid dienone is 3. The quantitative estimate of drug-likeness (QED) is 0.520. The second-order valence-corrected chi connectivity index (χ2v) is 6.37. The molecule has 2 aromatic rings. The first-order valence-corrected chi connectivity index (χ1v) is 8.42. The molecule has 0 N–H and O–H groups in total. The van der Waals surface area contributed by atoms with E-state index in [0.29, 0.717) is 0 Å². The van der Waals surface area contributed by atoms with Crippen molar-refractivity contribution in [3.63, 3.8) is 0 Å². The smallest absolute Gasteiger partial charge is 0.00993 e. The fraction of sp³-hybridized carbons (Fsp3) is 0.217. The van der Waals surface area contributed by atoms with E-state index in [0.717, 1.165) is 12.3 Å². The van der Waals surface area contributed by atoms with E-state index >= 15 is 0 Å². The molecule has 1 aliphatic carbocycles. The van der Waals surface area contributed by atoms with Crippen molar-refractivity contribution in [3.05, 3.63) is 96.6 Å². The number of rotatable bonds is 7. The molecule has 0 saturated heterocycles. The molecule has 3 rings (SSSR count). The van der Waals surface area contributed by atoms with Crippen LogP contribution in [0.3, 0.4) is 0 Å². The van der Waals surface area contributed by atoms with Crippen LogP contribution in [0, 0.1) is 11.3 Å². The second-order valence-electron chi connectivity index (χ2n) is 6.37. The van der Waals surface area contributed by atoms with Crippen LogP contribution in [0.15, 0.2) is 85.5 Å². The van der Waals surface area contributed by atoms with Crippen molar-refractivity contribution in [2.45, 2.75) is 19.3 Å². The summed E-state index contributed by atoms with van der Waals surface area (Å²) in [6.07, 6.45) is 14.9. The molecule has 1 saturated carbocycles. The standard InChI is InChI=1S/C23H24/c1-2-3-14-22-19-23(22,17-15-20-10-6-4-7-11-20)18-16-21-12-8-5-9-13-21/h2,4-13,15-18,22H,1,3,14,19H2. The van der Waals surface area contributed by atoms with Crippen molar-refractivity contribution in [2.24, 2.45) is 11.3 Å². The molecule has 0 heteroatoms. The first-order chi connectivity index (χ1) is 11.3. The summed E-state index contributed by atoms with van der Waals surface area (Å²) in [5.74, 6) is 0.737. The molecule has 0 bridgehead atoms. The maximum Gasteiger partial charge on any atom is 0.00993 e. The molecular formula is C23H24. The van der Waals surface area contributed by atoms with E-state index in [-0.39, 0.29) is 5.41 Å². The molecule has 1 fully saturated rings. The molecule has 0 heterocycles. The molecule has 2 aromatic carbocycles. The van der Waals surface area contributed by atoms with Crippen LogP contribution in [0.4, 0.5) is 0 Å². The van der Waals surface area contributed by atoms with Gasteiger partial charge in [-0.05, 0) is 36.3 Å². The Morgan fingerprint density at radius 2 is 1.39 bits per heavy atom. The van der Waals surface area contributed by atoms with Gasteiger partial charge in [0.15, 0.2) is 0 Å². The molecule has 0 spiro atoms. The highest BCUT2D eigenvalue weighted by atomic mass is 14.5. The molecule has 1 atom stereocenters. The Labute approximate surface area is 139 Å². The van der Waals surface area contributed by atoms with Gasteiger partial charge in [-0.25, -0.2) is 0 Å². The predicted octanol–water partition coefficient (Wildman–Crippen LogP) is 6.39. The van der Waals surface area contributed by atoms with Crippen LogP contribution in [-0.4, -0.2) is 0 Å². The largest absolute Gasteiger partial charge is 0.103 e. The van der Waals surface area contributed by atoms with Crippen LogP contribution in [0.2, 0.25) is 0 Å². The Morgan fingerprint density at radius 1 is 0.870 bits per heavy atom. The molecule has 1 aliphatic rings. The molecule has 23 heavy (non-hydrogen) atoms. The first-order valence-electron chi connectivity index (χ1n) is 8.42. The van der Waals surface area contributed by atoms with Crippen LogP contribution in [-0.2, 0) is 0 Å². The Balaban J connectivity index is 1.77. The summed E-state index contributed by atoms with van der Waals surface area (Å²) in [6, 6.07) is 21.1. The Hall–Kier alpha value is -2.34. The van der Waals surface area contributed by atoms with Gasteiger partial charge in [0, 0.05) is 5.41 Å². The predicted molar refractivity (Wildman–Crippen MR) is 101 cm³/mol. The van der Waals surface area contributed by atoms with Gasteiger partial charge in [0.05, 0.1) is 0 Å². The lowest BCUT2D eigenvalue weighted by Gasteiger charge is -2.07. The van der Waals surface area contributed by atoms with Gasteiger partial charge in [0.25, 0.3) is 0 Å². The lowest BCUT2D eigenvalue weighted by atomic mass is 9.97. The first kappa shape index (κ1) is 15.6. The monoisotopic (exact) mass is 300 g/mol. The SMILES string of the molecule is C=CCCC1CC1(C=Cc1ccccc1)C=Cc1ccccc1. The van der Waals surface area contributed by atoms with Crippen LogP contribution in [0.1, 0.15) is 30.4 Å². The number of hydrogen-bond donors (Lipinski definition) is 0. The summed E-state index contributed by atoms with van der Waals surface area (Å²) in [5.41, 5.74) is 2.76. The van der Waals surface area contributed by atoms with E-state index in [2.05, 4.69) is 91.5 Å². The normalized spacial score (nSPS) is 23.4. The highest BCUT2D eigenvalue weighted by molar-refractivity contribution is 5.56. The highest BCUT2D eigenvalue weighted by Crippen LogP contribution is 2.58. The van der Waals surface area contributed by atoms with Crippen molar-refractivity contribution in [1.82, 2.24) is 0 Å². The van der Waals surface area contributed by atoms with Gasteiger partial charge < -0.3 is 0 Å². The average Bonchev–Trinajstić information content (AvgIpc) is 3.32. The summed E-state index contributed by atoms with van der Waals surface area (Å²) in [7, 11) is 0. The van der Waals surface area contributed by atoms with Crippen molar-refractivity contribution in [2.75, 3.05) is 0 Å². The Kier molecular flexibility index (Phi) is 4.92. The maximum absolute atomic E-state index is 3.86. The topological polar surface area (TPSA) is 0 Å². The fourth-order valence-electron chi connectivity index (χ4n) is 3.15. The molecular weight excluding hydrogens is 276 g/mol. The Morgan fingerprint density at radius 3 is 1.87 bits per heavy atom. The lowest BCUT2D eigenvalue weighted by Crippen LogP contribution is -1.95. The molecule has 0 aliphatic heterocycles. The van der Waals surface area contributed by atoms with Crippen LogP contribution < -0.4 is 0 Å². The minimum atomic E-state index is 0.217. The molecule has 0 aromatic heterocycles. The third kappa shape index (κ3) is 4.10. The fourth-order valence-corrected chi connectivity index (χ4v) is 3.15. The summed E-state index contributed by atoms with van der Waals surface area (Å²) in [4.78, 5) is 0. The van der Waals surface area contributed by atoms with Crippen LogP contribution >= 0.6 is 0 Å². The van der Waals surface area contributed by atoms with E-state index in [9.17, 15) is 0 Å². The van der Waals surface area contributed by atoms with E-state index in [1.807, 2.05) is 6.08 Å². The van der Waals surface area contributed by atoms with Gasteiger partial charge in [0.2, 0.25) is 0 Å². The van der Waals surface area contributed by atoms with Gasteiger partial charge in [0.1, 0.15) is 0 Å². The van der Waals surface area contributed by atoms with E-state index in [1.54, 1.807) is 0 Å². The maximum atomic E-state index is 3.86. The number of hydrogen-bond acceptors (Lipinski definition) is 0. The van der Waals surface area contributed by atoms with Crippen molar-refractivity contribution in [1.29, 1.82) is 0 Å². The third-order valence-corrected chi connectivity index (χ3v) is 4.69. The molecule has 116 valence electrons. The van der Waals surface area contributed by atoms with Gasteiger partial charge in [-0.3, -0.25) is 0 Å². The minimum Gasteiger partial charge on any atom is -0.103 e. The van der Waals surface area contributed by atoms with Gasteiger partial charge in [-0.2, -0.15) is 0 Å². The molecule has 0 nitrogen and oxygen atoms in total. The van der Waals surface area contributed by atoms with Gasteiger partial charge >= 0.3 is 0 Å². The molecule has 0 radical (unpaired) electrons. The summed E-state index contributed by atoms with van der Waals surface area (Å²) in [6.45, 7) is 3.86. The Bertz CT molecular complexity index is 627. The lowest BCUT2D eigenvalue weighted by molar-refractivity contribution is 0.643. The van der Waals surface area contributed by atoms with Crippen molar-refractivity contribution < 1.29 is 0 Å². The van der Waals surface area contributed by atoms with Crippen LogP contribution in [0.5, 0.6) is 0 Å². The van der Waals surface area contributed by atoms with E-state index < -0.39 is 0 Å². The zero-order chi connectivity index (χ0) is 16.0. The molecule has 0 amide bonds. The highest BCUT2D eigenvalue weighted by Gasteiger charge is 2.48. The average molecular weight is 300 g/mol. The number of benzene rings is 2. The van der Waals surface area contributed by atoms with Crippen molar-refractivity contribution >= 4 is 12.2 Å². The minimum absolute atomic E-state index is 0.217. The zero-order valence-corrected chi connectivity index (χ0v) is 13.6. The third-order valence-electron chi connectivity index (χ3n) is 4.69. The second kappa shape index (κ2) is 7.28. The van der Waals surface area contributed by atoms with Crippen LogP contribution in [0.25, 0.3) is 12.2 Å². The van der Waals surface area contributed by atoms with Gasteiger partial charge in [-0.1, -0.05) is 91.0 Å². The van der Waals surface area contributed by atoms with E-state index in [4.69, 9.17) is 0 Å². The molecule has 1 unspecified atom stereocenters. The summed E-state index contributed by atoms with van der Waals surface area (Å²) < 4.78 is 0. The summed E-state index contributed by atoms with van der Waals surface area (Å²) in [5, 5.41) is 0. The summed E-state index contributed by atoms with van der Waals surface area (Å²) >= 11 is 0. The zero-order valence-electron chi connectivity index (χ0n) is 13.6. The van der Waals surface area contributed by atoms with Gasteiger partial charge in [-0.15, -0.1) is 6.58 Å². The van der Waals surface area contributed by atoms with Crippen molar-refractivity contribution in [3.8, 4) is 0 Å². The van der Waals surface area contributed by atoms with E-state index in [1.165, 1.54) is 24.0 Å².